The molecule has 0 radical (unpaired) electrons. The molecule has 0 aliphatic heterocycles. The number of aryl methyl sites for hydroxylation is 2. The Morgan fingerprint density at radius 2 is 1.95 bits per heavy atom. The fourth-order valence-electron chi connectivity index (χ4n) is 2.48. The molecule has 2 N–H and O–H groups in total. The van der Waals surface area contributed by atoms with Crippen LogP contribution >= 0.6 is 0 Å². The van der Waals surface area contributed by atoms with Gasteiger partial charge < -0.3 is 10.2 Å². The van der Waals surface area contributed by atoms with Crippen molar-refractivity contribution < 1.29 is 9.59 Å². The molecule has 0 aliphatic rings. The third kappa shape index (κ3) is 3.10. The minimum Gasteiger partial charge on any atom is -0.343 e. The molecule has 2 aromatic heterocycles. The molecule has 2 aromatic rings. The average molecular weight is 306 g/mol. The van der Waals surface area contributed by atoms with Gasteiger partial charge in [-0.2, -0.15) is 10.2 Å². The van der Waals surface area contributed by atoms with E-state index in [2.05, 4.69) is 20.6 Å². The highest BCUT2D eigenvalue weighted by Gasteiger charge is 2.17. The Balaban J connectivity index is 1.98. The molecule has 120 valence electrons. The standard InChI is InChI=1S/C14H22N6O2/c1-5-20(6-2)11(22)8-7-10(21)15-13-12-9(3)18-19(4)14(12)17-16-13/h5-8H2,1-4H3,(H2,15,16,17,21). The second kappa shape index (κ2) is 6.59. The first-order valence-electron chi connectivity index (χ1n) is 7.43. The Bertz CT molecular complexity index is 683. The number of anilines is 1. The summed E-state index contributed by atoms with van der Waals surface area (Å²) < 4.78 is 1.65. The van der Waals surface area contributed by atoms with E-state index in [0.29, 0.717) is 24.6 Å². The minimum absolute atomic E-state index is 0.00698. The predicted octanol–water partition coefficient (Wildman–Crippen LogP) is 1.19. The van der Waals surface area contributed by atoms with E-state index in [-0.39, 0.29) is 24.7 Å². The van der Waals surface area contributed by atoms with Crippen LogP contribution in [0.4, 0.5) is 5.82 Å². The Morgan fingerprint density at radius 3 is 2.59 bits per heavy atom. The van der Waals surface area contributed by atoms with Gasteiger partial charge in [-0.05, 0) is 20.8 Å². The molecule has 8 heteroatoms. The van der Waals surface area contributed by atoms with Gasteiger partial charge in [0.25, 0.3) is 0 Å². The minimum atomic E-state index is -0.214. The number of hydrogen-bond donors (Lipinski definition) is 2. The highest BCUT2D eigenvalue weighted by atomic mass is 16.2. The van der Waals surface area contributed by atoms with Gasteiger partial charge in [0.2, 0.25) is 11.8 Å². The van der Waals surface area contributed by atoms with Crippen molar-refractivity contribution in [2.45, 2.75) is 33.6 Å². The molecule has 2 amide bonds. The smallest absolute Gasteiger partial charge is 0.226 e. The number of carbonyl (C=O) groups is 2. The molecule has 2 heterocycles. The summed E-state index contributed by atoms with van der Waals surface area (Å²) in [5.74, 6) is 0.308. The predicted molar refractivity (Wildman–Crippen MR) is 83.4 cm³/mol. The first-order chi connectivity index (χ1) is 10.5. The van der Waals surface area contributed by atoms with Crippen LogP contribution in [0.5, 0.6) is 0 Å². The van der Waals surface area contributed by atoms with Gasteiger partial charge in [0.05, 0.1) is 11.1 Å². The number of rotatable bonds is 6. The third-order valence-corrected chi connectivity index (χ3v) is 3.66. The number of H-pyrrole nitrogens is 1. The van der Waals surface area contributed by atoms with E-state index in [9.17, 15) is 9.59 Å². The monoisotopic (exact) mass is 306 g/mol. The van der Waals surface area contributed by atoms with Gasteiger partial charge >= 0.3 is 0 Å². The molecule has 0 unspecified atom stereocenters. The number of nitrogens with one attached hydrogen (secondary N) is 2. The van der Waals surface area contributed by atoms with Crippen molar-refractivity contribution in [3.8, 4) is 0 Å². The summed E-state index contributed by atoms with van der Waals surface area (Å²) in [5.41, 5.74) is 1.48. The number of aromatic nitrogens is 4. The third-order valence-electron chi connectivity index (χ3n) is 3.66. The Kier molecular flexibility index (Phi) is 4.79. The average Bonchev–Trinajstić information content (AvgIpc) is 3.01. The quantitative estimate of drug-likeness (QED) is 0.838. The van der Waals surface area contributed by atoms with Crippen LogP contribution in [0.3, 0.4) is 0 Å². The van der Waals surface area contributed by atoms with Crippen molar-refractivity contribution in [3.63, 3.8) is 0 Å². The second-order valence-electron chi connectivity index (χ2n) is 5.12. The van der Waals surface area contributed by atoms with Gasteiger partial charge in [0.1, 0.15) is 5.82 Å². The molecule has 2 rings (SSSR count). The van der Waals surface area contributed by atoms with Crippen LogP contribution in [0.2, 0.25) is 0 Å². The lowest BCUT2D eigenvalue weighted by Crippen LogP contribution is -2.31. The topological polar surface area (TPSA) is 95.9 Å². The van der Waals surface area contributed by atoms with E-state index in [1.165, 1.54) is 0 Å². The summed E-state index contributed by atoms with van der Waals surface area (Å²) in [6.45, 7) is 7.03. The molecule has 0 spiro atoms. The van der Waals surface area contributed by atoms with Gasteiger partial charge in [-0.15, -0.1) is 0 Å². The molecule has 0 bridgehead atoms. The molecular weight excluding hydrogens is 284 g/mol. The molecule has 0 saturated carbocycles. The second-order valence-corrected chi connectivity index (χ2v) is 5.12. The van der Waals surface area contributed by atoms with Gasteiger partial charge in [0.15, 0.2) is 5.65 Å². The van der Waals surface area contributed by atoms with Crippen LogP contribution in [-0.2, 0) is 16.6 Å². The van der Waals surface area contributed by atoms with Crippen LogP contribution in [0.1, 0.15) is 32.4 Å². The number of hydrogen-bond acceptors (Lipinski definition) is 4. The molecular formula is C14H22N6O2. The SMILES string of the molecule is CCN(CC)C(=O)CCC(=O)Nc1[nH]nc2c1c(C)nn2C. The number of nitrogens with zero attached hydrogens (tertiary/aromatic N) is 4. The van der Waals surface area contributed by atoms with Crippen molar-refractivity contribution in [1.82, 2.24) is 24.9 Å². The van der Waals surface area contributed by atoms with E-state index in [0.717, 1.165) is 11.1 Å². The molecule has 0 aliphatic carbocycles. The van der Waals surface area contributed by atoms with Crippen molar-refractivity contribution in [3.05, 3.63) is 5.69 Å². The highest BCUT2D eigenvalue weighted by Crippen LogP contribution is 2.23. The van der Waals surface area contributed by atoms with E-state index >= 15 is 0 Å². The molecule has 8 nitrogen and oxygen atoms in total. The van der Waals surface area contributed by atoms with Crippen molar-refractivity contribution in [1.29, 1.82) is 0 Å². The Labute approximate surface area is 128 Å². The molecule has 0 fully saturated rings. The first kappa shape index (κ1) is 16.0. The zero-order valence-electron chi connectivity index (χ0n) is 13.4. The summed E-state index contributed by atoms with van der Waals surface area (Å²) >= 11 is 0. The van der Waals surface area contributed by atoms with E-state index in [1.807, 2.05) is 20.8 Å². The normalized spacial score (nSPS) is 10.9. The maximum Gasteiger partial charge on any atom is 0.226 e. The molecule has 0 aromatic carbocycles. The summed E-state index contributed by atoms with van der Waals surface area (Å²) in [4.78, 5) is 25.6. The summed E-state index contributed by atoms with van der Waals surface area (Å²) in [7, 11) is 1.80. The largest absolute Gasteiger partial charge is 0.343 e. The van der Waals surface area contributed by atoms with Crippen molar-refractivity contribution in [2.75, 3.05) is 18.4 Å². The van der Waals surface area contributed by atoms with Gasteiger partial charge in [-0.3, -0.25) is 14.7 Å². The van der Waals surface area contributed by atoms with E-state index < -0.39 is 0 Å². The van der Waals surface area contributed by atoms with Crippen molar-refractivity contribution >= 4 is 28.7 Å². The van der Waals surface area contributed by atoms with Crippen LogP contribution in [0.15, 0.2) is 0 Å². The van der Waals surface area contributed by atoms with Gasteiger partial charge in [-0.1, -0.05) is 0 Å². The summed E-state index contributed by atoms with van der Waals surface area (Å²) in [6.07, 6.45) is 0.353. The molecule has 22 heavy (non-hydrogen) atoms. The fraction of sp³-hybridized carbons (Fsp3) is 0.571. The van der Waals surface area contributed by atoms with Gasteiger partial charge in [0, 0.05) is 33.0 Å². The molecule has 0 atom stereocenters. The molecule has 0 saturated heterocycles. The summed E-state index contributed by atoms with van der Waals surface area (Å²) in [5, 5.41) is 14.8. The van der Waals surface area contributed by atoms with Crippen LogP contribution in [-0.4, -0.2) is 49.8 Å². The van der Waals surface area contributed by atoms with Crippen LogP contribution in [0.25, 0.3) is 11.0 Å². The highest BCUT2D eigenvalue weighted by molar-refractivity contribution is 6.00. The van der Waals surface area contributed by atoms with Crippen LogP contribution < -0.4 is 5.32 Å². The fourth-order valence-corrected chi connectivity index (χ4v) is 2.48. The number of amides is 2. The van der Waals surface area contributed by atoms with Gasteiger partial charge in [-0.25, -0.2) is 4.68 Å². The van der Waals surface area contributed by atoms with Crippen molar-refractivity contribution in [2.24, 2.45) is 7.05 Å². The Hall–Kier alpha value is -2.38. The number of fused-ring (bicyclic) bond motifs is 1. The lowest BCUT2D eigenvalue weighted by molar-refractivity contribution is -0.132. The first-order valence-corrected chi connectivity index (χ1v) is 7.43. The zero-order chi connectivity index (χ0) is 16.3. The van der Waals surface area contributed by atoms with Crippen LogP contribution in [0, 0.1) is 6.92 Å². The van der Waals surface area contributed by atoms with E-state index in [4.69, 9.17) is 0 Å². The number of aromatic amines is 1. The summed E-state index contributed by atoms with van der Waals surface area (Å²) in [6, 6.07) is 0. The lowest BCUT2D eigenvalue weighted by Gasteiger charge is -2.18. The maximum absolute atomic E-state index is 12.0. The maximum atomic E-state index is 12.0. The lowest BCUT2D eigenvalue weighted by atomic mass is 10.2. The number of carbonyl (C=O) groups excluding carboxylic acids is 2. The van der Waals surface area contributed by atoms with E-state index in [1.54, 1.807) is 16.6 Å². The Morgan fingerprint density at radius 1 is 1.27 bits per heavy atom. The zero-order valence-corrected chi connectivity index (χ0v) is 13.4.